The van der Waals surface area contributed by atoms with Crippen LogP contribution in [0, 0.1) is 0 Å². The van der Waals surface area contributed by atoms with E-state index >= 15 is 0 Å². The van der Waals surface area contributed by atoms with E-state index in [1.54, 1.807) is 0 Å². The van der Waals surface area contributed by atoms with Crippen LogP contribution >= 0.6 is 7.82 Å². The molecule has 0 heterocycles. The number of hydrogen-bond acceptors (Lipinski definition) is 7. The predicted octanol–water partition coefficient (Wildman–Crippen LogP) is 18.5. The molecule has 0 bridgehead atoms. The largest absolute Gasteiger partial charge is 0.756 e. The molecule has 0 aliphatic heterocycles. The summed E-state index contributed by atoms with van der Waals surface area (Å²) in [6.07, 6.45) is 60.3. The fourth-order valence-electron chi connectivity index (χ4n) is 9.58. The Bertz CT molecular complexity index is 1240. The van der Waals surface area contributed by atoms with Crippen molar-refractivity contribution in [3.05, 3.63) is 12.2 Å². The quantitative estimate of drug-likeness (QED) is 0.0212. The van der Waals surface area contributed by atoms with E-state index in [-0.39, 0.29) is 31.5 Å². The summed E-state index contributed by atoms with van der Waals surface area (Å²) < 4.78 is 30.3. The zero-order valence-electron chi connectivity index (χ0n) is 48.9. The van der Waals surface area contributed by atoms with Crippen LogP contribution in [0.15, 0.2) is 12.2 Å². The molecule has 0 saturated heterocycles. The number of ether oxygens (including phenoxy) is 1. The Balaban J connectivity index is 5.21. The monoisotopic (exact) mass is 1040 g/mol. The number of likely N-dealkylation sites (N-methyl/N-ethyl adjacent to an activating group) is 1. The minimum Gasteiger partial charge on any atom is -0.756 e. The Morgan fingerprint density at radius 3 is 1.14 bits per heavy atom. The number of allylic oxidation sites excluding steroid dienone is 1. The number of phosphoric acid groups is 1. The second-order valence-electron chi connectivity index (χ2n) is 22.9. The lowest BCUT2D eigenvalue weighted by Crippen LogP contribution is -2.47. The molecule has 0 aliphatic carbocycles. The second kappa shape index (κ2) is 53.2. The number of hydrogen-bond donors (Lipinski definition) is 1. The fourth-order valence-corrected chi connectivity index (χ4v) is 10.3. The molecule has 0 aromatic heterocycles. The van der Waals surface area contributed by atoms with Crippen molar-refractivity contribution in [1.82, 2.24) is 5.32 Å². The van der Waals surface area contributed by atoms with Gasteiger partial charge >= 0.3 is 5.97 Å². The van der Waals surface area contributed by atoms with Crippen LogP contribution in [0.5, 0.6) is 0 Å². The van der Waals surface area contributed by atoms with Crippen molar-refractivity contribution in [2.75, 3.05) is 40.9 Å². The fraction of sp³-hybridized carbons (Fsp3) is 0.935. The van der Waals surface area contributed by atoms with E-state index in [0.717, 1.165) is 57.8 Å². The summed E-state index contributed by atoms with van der Waals surface area (Å²) in [6.45, 7) is 6.90. The van der Waals surface area contributed by atoms with E-state index < -0.39 is 20.0 Å². The van der Waals surface area contributed by atoms with E-state index in [2.05, 4.69) is 26.1 Å². The van der Waals surface area contributed by atoms with Crippen LogP contribution in [-0.4, -0.2) is 69.4 Å². The van der Waals surface area contributed by atoms with E-state index in [1.165, 1.54) is 231 Å². The Morgan fingerprint density at radius 1 is 0.472 bits per heavy atom. The van der Waals surface area contributed by atoms with Crippen molar-refractivity contribution < 1.29 is 37.3 Å². The highest BCUT2D eigenvalue weighted by molar-refractivity contribution is 7.45. The van der Waals surface area contributed by atoms with Crippen molar-refractivity contribution in [3.8, 4) is 0 Å². The maximum Gasteiger partial charge on any atom is 0.306 e. The van der Waals surface area contributed by atoms with Gasteiger partial charge in [0.15, 0.2) is 0 Å². The molecule has 0 rings (SSSR count). The van der Waals surface area contributed by atoms with E-state index in [1.807, 2.05) is 33.3 Å². The van der Waals surface area contributed by atoms with Gasteiger partial charge in [-0.05, 0) is 31.8 Å². The van der Waals surface area contributed by atoms with Crippen molar-refractivity contribution in [3.63, 3.8) is 0 Å². The highest BCUT2D eigenvalue weighted by Crippen LogP contribution is 2.38. The molecule has 0 aliphatic rings. The van der Waals surface area contributed by atoms with Gasteiger partial charge in [0, 0.05) is 12.8 Å². The lowest BCUT2D eigenvalue weighted by Gasteiger charge is -2.30. The summed E-state index contributed by atoms with van der Waals surface area (Å²) in [6, 6.07) is -0.879. The van der Waals surface area contributed by atoms with Crippen LogP contribution in [0.2, 0.25) is 0 Å². The molecule has 1 amide bonds. The number of nitrogens with zero attached hydrogens (tertiary/aromatic N) is 1. The minimum absolute atomic E-state index is 0.0167. The zero-order chi connectivity index (χ0) is 52.9. The molecular formula is C62H123N2O7P. The van der Waals surface area contributed by atoms with Gasteiger partial charge in [0.1, 0.15) is 19.3 Å². The van der Waals surface area contributed by atoms with Crippen molar-refractivity contribution in [2.24, 2.45) is 0 Å². The average Bonchev–Trinajstić information content (AvgIpc) is 3.34. The Hall–Kier alpha value is -1.25. The summed E-state index contributed by atoms with van der Waals surface area (Å²) in [4.78, 5) is 40.0. The first-order valence-corrected chi connectivity index (χ1v) is 33.0. The van der Waals surface area contributed by atoms with Crippen molar-refractivity contribution in [1.29, 1.82) is 0 Å². The maximum absolute atomic E-state index is 13.5. The molecule has 3 unspecified atom stereocenters. The van der Waals surface area contributed by atoms with E-state index in [4.69, 9.17) is 13.8 Å². The van der Waals surface area contributed by atoms with E-state index in [9.17, 15) is 19.0 Å². The third-order valence-corrected chi connectivity index (χ3v) is 15.4. The lowest BCUT2D eigenvalue weighted by molar-refractivity contribution is -0.870. The maximum atomic E-state index is 13.5. The van der Waals surface area contributed by atoms with Crippen LogP contribution in [0.1, 0.15) is 323 Å². The van der Waals surface area contributed by atoms with Gasteiger partial charge in [0.05, 0.1) is 33.8 Å². The molecule has 0 spiro atoms. The first kappa shape index (κ1) is 70.8. The molecule has 72 heavy (non-hydrogen) atoms. The first-order valence-electron chi connectivity index (χ1n) is 31.5. The Labute approximate surface area is 448 Å². The highest BCUT2D eigenvalue weighted by Gasteiger charge is 2.27. The molecule has 0 radical (unpaired) electrons. The number of carbonyl (C=O) groups is 2. The molecule has 1 N–H and O–H groups in total. The summed E-state index contributed by atoms with van der Waals surface area (Å²) in [5, 5.41) is 3.04. The molecular weight excluding hydrogens is 916 g/mol. The molecule has 9 nitrogen and oxygen atoms in total. The smallest absolute Gasteiger partial charge is 0.306 e. The molecule has 428 valence electrons. The topological polar surface area (TPSA) is 114 Å². The van der Waals surface area contributed by atoms with Crippen LogP contribution < -0.4 is 10.2 Å². The van der Waals surface area contributed by atoms with Gasteiger partial charge in [-0.3, -0.25) is 14.2 Å². The summed E-state index contributed by atoms with van der Waals surface area (Å²) >= 11 is 0. The normalized spacial score (nSPS) is 13.7. The molecule has 0 aromatic rings. The summed E-state index contributed by atoms with van der Waals surface area (Å²) in [5.74, 6) is -0.519. The number of phosphoric ester groups is 1. The molecule has 0 saturated carbocycles. The van der Waals surface area contributed by atoms with E-state index in [0.29, 0.717) is 17.4 Å². The Morgan fingerprint density at radius 2 is 0.792 bits per heavy atom. The third-order valence-electron chi connectivity index (χ3n) is 14.5. The van der Waals surface area contributed by atoms with Crippen LogP contribution in [0.4, 0.5) is 0 Å². The number of amides is 1. The molecule has 0 fully saturated rings. The van der Waals surface area contributed by atoms with Crippen molar-refractivity contribution >= 4 is 19.7 Å². The van der Waals surface area contributed by atoms with Gasteiger partial charge in [0.2, 0.25) is 5.91 Å². The number of esters is 1. The summed E-state index contributed by atoms with van der Waals surface area (Å²) in [5.41, 5.74) is 0. The SMILES string of the molecule is CCCCCCCCCCCCC/C=C/C(OC(=O)CCCCCCCCCCCCCCCC)C(COP(=O)([O-])OCC[N+](C)(C)C)NC(=O)CCCCCCCCCCCCCCCCCCCCC. The van der Waals surface area contributed by atoms with Gasteiger partial charge in [-0.15, -0.1) is 0 Å². The van der Waals surface area contributed by atoms with Crippen LogP contribution in [0.3, 0.4) is 0 Å². The van der Waals surface area contributed by atoms with Gasteiger partial charge < -0.3 is 28.5 Å². The van der Waals surface area contributed by atoms with Crippen LogP contribution in [0.25, 0.3) is 0 Å². The average molecular weight is 1040 g/mol. The van der Waals surface area contributed by atoms with Gasteiger partial charge in [-0.25, -0.2) is 0 Å². The predicted molar refractivity (Wildman–Crippen MR) is 307 cm³/mol. The second-order valence-corrected chi connectivity index (χ2v) is 24.3. The number of quaternary nitrogens is 1. The van der Waals surface area contributed by atoms with Crippen molar-refractivity contribution in [2.45, 2.75) is 335 Å². The third kappa shape index (κ3) is 53.6. The number of unbranched alkanes of at least 4 members (excludes halogenated alkanes) is 42. The number of carbonyl (C=O) groups excluding carboxylic acids is 2. The summed E-state index contributed by atoms with van der Waals surface area (Å²) in [7, 11) is 1.21. The minimum atomic E-state index is -4.69. The number of nitrogens with one attached hydrogen (secondary N) is 1. The number of rotatable bonds is 58. The molecule has 0 aromatic carbocycles. The van der Waals surface area contributed by atoms with Gasteiger partial charge in [0.25, 0.3) is 7.82 Å². The van der Waals surface area contributed by atoms with Gasteiger partial charge in [-0.2, -0.15) is 0 Å². The zero-order valence-corrected chi connectivity index (χ0v) is 49.8. The Kier molecular flexibility index (Phi) is 52.2. The molecule has 3 atom stereocenters. The highest BCUT2D eigenvalue weighted by atomic mass is 31.2. The van der Waals surface area contributed by atoms with Gasteiger partial charge in [-0.1, -0.05) is 290 Å². The molecule has 10 heteroatoms. The van der Waals surface area contributed by atoms with Crippen LogP contribution in [-0.2, 0) is 27.9 Å². The lowest BCUT2D eigenvalue weighted by atomic mass is 10.0. The standard InChI is InChI=1S/C62H123N2O7P/c1-7-10-13-16-19-22-25-28-30-31-32-33-34-36-39-42-45-48-51-54-61(65)63-59(58-70-72(67,68)69-57-56-64(4,5)6)60(53-50-47-44-41-38-35-27-24-21-18-15-12-9-3)71-62(66)55-52-49-46-43-40-37-29-26-23-20-17-14-11-8-2/h50,53,59-60H,7-49,51-52,54-58H2,1-6H3,(H-,63,65,67,68)/b53-50+. The first-order chi connectivity index (χ1) is 34.9.